The zero-order chi connectivity index (χ0) is 19.1. The standard InChI is InChI=1S/C18H19ClN2O5/c1-24-14-6-12(7-15(9-14)25-2)10-21(11-17(22)26-3)18(23)13-4-5-20-16(19)8-13/h4-9H,10-11H2,1-3H3. The van der Waals surface area contributed by atoms with Gasteiger partial charge in [0.15, 0.2) is 0 Å². The van der Waals surface area contributed by atoms with Gasteiger partial charge < -0.3 is 19.1 Å². The Balaban J connectivity index is 2.33. The number of methoxy groups -OCH3 is 3. The van der Waals surface area contributed by atoms with Gasteiger partial charge in [-0.2, -0.15) is 0 Å². The molecule has 1 aromatic heterocycles. The van der Waals surface area contributed by atoms with Crippen LogP contribution in [0.4, 0.5) is 0 Å². The minimum Gasteiger partial charge on any atom is -0.497 e. The Hall–Kier alpha value is -2.80. The summed E-state index contributed by atoms with van der Waals surface area (Å²) in [5.41, 5.74) is 1.06. The fourth-order valence-electron chi connectivity index (χ4n) is 2.32. The zero-order valence-corrected chi connectivity index (χ0v) is 15.4. The number of benzene rings is 1. The second-order valence-corrected chi connectivity index (χ2v) is 5.71. The third-order valence-electron chi connectivity index (χ3n) is 3.59. The minimum absolute atomic E-state index is 0.154. The number of amides is 1. The molecule has 0 spiro atoms. The molecular formula is C18H19ClN2O5. The maximum absolute atomic E-state index is 12.8. The van der Waals surface area contributed by atoms with Gasteiger partial charge in [0.25, 0.3) is 5.91 Å². The minimum atomic E-state index is -0.534. The molecule has 0 bridgehead atoms. The van der Waals surface area contributed by atoms with E-state index in [2.05, 4.69) is 4.98 Å². The number of pyridine rings is 1. The molecular weight excluding hydrogens is 360 g/mol. The molecule has 0 unspecified atom stereocenters. The van der Waals surface area contributed by atoms with Crippen LogP contribution >= 0.6 is 11.6 Å². The predicted octanol–water partition coefficient (Wildman–Crippen LogP) is 2.57. The number of nitrogens with zero attached hydrogens (tertiary/aromatic N) is 2. The molecule has 26 heavy (non-hydrogen) atoms. The van der Waals surface area contributed by atoms with E-state index in [4.69, 9.17) is 25.8 Å². The second-order valence-electron chi connectivity index (χ2n) is 5.33. The van der Waals surface area contributed by atoms with Crippen LogP contribution in [0.25, 0.3) is 0 Å². The first kappa shape index (κ1) is 19.5. The maximum atomic E-state index is 12.8. The van der Waals surface area contributed by atoms with E-state index < -0.39 is 5.97 Å². The van der Waals surface area contributed by atoms with Crippen molar-refractivity contribution in [2.45, 2.75) is 6.54 Å². The van der Waals surface area contributed by atoms with Crippen molar-refractivity contribution in [3.05, 3.63) is 52.8 Å². The number of rotatable bonds is 7. The summed E-state index contributed by atoms with van der Waals surface area (Å²) in [5.74, 6) is 0.253. The zero-order valence-electron chi connectivity index (χ0n) is 14.7. The number of halogens is 1. The lowest BCUT2D eigenvalue weighted by Crippen LogP contribution is -2.35. The molecule has 2 rings (SSSR count). The number of esters is 1. The van der Waals surface area contributed by atoms with E-state index in [1.165, 1.54) is 44.6 Å². The Morgan fingerprint density at radius 3 is 2.27 bits per heavy atom. The third-order valence-corrected chi connectivity index (χ3v) is 3.80. The van der Waals surface area contributed by atoms with Crippen molar-refractivity contribution in [1.29, 1.82) is 0 Å². The van der Waals surface area contributed by atoms with E-state index in [1.54, 1.807) is 18.2 Å². The number of carbonyl (C=O) groups excluding carboxylic acids is 2. The van der Waals surface area contributed by atoms with Gasteiger partial charge >= 0.3 is 5.97 Å². The van der Waals surface area contributed by atoms with Crippen molar-refractivity contribution in [1.82, 2.24) is 9.88 Å². The molecule has 0 N–H and O–H groups in total. The van der Waals surface area contributed by atoms with Gasteiger partial charge in [-0.05, 0) is 29.8 Å². The van der Waals surface area contributed by atoms with Crippen LogP contribution in [0.1, 0.15) is 15.9 Å². The highest BCUT2D eigenvalue weighted by Gasteiger charge is 2.21. The van der Waals surface area contributed by atoms with E-state index >= 15 is 0 Å². The van der Waals surface area contributed by atoms with Crippen LogP contribution in [-0.2, 0) is 16.1 Å². The molecule has 0 radical (unpaired) electrons. The predicted molar refractivity (Wildman–Crippen MR) is 95.5 cm³/mol. The van der Waals surface area contributed by atoms with Crippen molar-refractivity contribution in [2.75, 3.05) is 27.9 Å². The van der Waals surface area contributed by atoms with E-state index in [1.807, 2.05) is 0 Å². The van der Waals surface area contributed by atoms with E-state index in [9.17, 15) is 9.59 Å². The quantitative estimate of drug-likeness (QED) is 0.544. The van der Waals surface area contributed by atoms with Crippen molar-refractivity contribution >= 4 is 23.5 Å². The van der Waals surface area contributed by atoms with Gasteiger partial charge in [0.2, 0.25) is 0 Å². The largest absolute Gasteiger partial charge is 0.497 e. The van der Waals surface area contributed by atoms with Crippen LogP contribution in [-0.4, -0.2) is 49.6 Å². The molecule has 0 atom stereocenters. The highest BCUT2D eigenvalue weighted by molar-refractivity contribution is 6.29. The second kappa shape index (κ2) is 9.05. The van der Waals surface area contributed by atoms with Gasteiger partial charge in [-0.25, -0.2) is 4.98 Å². The molecule has 0 fully saturated rings. The van der Waals surface area contributed by atoms with Crippen LogP contribution in [0.5, 0.6) is 11.5 Å². The fourth-order valence-corrected chi connectivity index (χ4v) is 2.49. The summed E-state index contributed by atoms with van der Waals surface area (Å²) < 4.78 is 15.2. The van der Waals surface area contributed by atoms with E-state index in [0.717, 1.165) is 5.56 Å². The van der Waals surface area contributed by atoms with E-state index in [0.29, 0.717) is 17.1 Å². The Morgan fingerprint density at radius 1 is 1.08 bits per heavy atom. The van der Waals surface area contributed by atoms with E-state index in [-0.39, 0.29) is 24.1 Å². The lowest BCUT2D eigenvalue weighted by Gasteiger charge is -2.22. The summed E-state index contributed by atoms with van der Waals surface area (Å²) in [5, 5.41) is 0.192. The molecule has 0 saturated heterocycles. The molecule has 0 aliphatic rings. The van der Waals surface area contributed by atoms with Crippen LogP contribution in [0, 0.1) is 0 Å². The summed E-state index contributed by atoms with van der Waals surface area (Å²) in [7, 11) is 4.34. The average Bonchev–Trinajstić information content (AvgIpc) is 2.66. The Labute approximate surface area is 156 Å². The first-order chi connectivity index (χ1) is 12.5. The Bertz CT molecular complexity index is 775. The van der Waals surface area contributed by atoms with Crippen LogP contribution in [0.15, 0.2) is 36.5 Å². The number of ether oxygens (including phenoxy) is 3. The molecule has 2 aromatic rings. The summed E-state index contributed by atoms with van der Waals surface area (Å²) >= 11 is 5.86. The first-order valence-corrected chi connectivity index (χ1v) is 8.04. The highest BCUT2D eigenvalue weighted by atomic mass is 35.5. The Kier molecular flexibility index (Phi) is 6.80. The first-order valence-electron chi connectivity index (χ1n) is 7.66. The lowest BCUT2D eigenvalue weighted by molar-refractivity contribution is -0.141. The maximum Gasteiger partial charge on any atom is 0.325 e. The van der Waals surface area contributed by atoms with Gasteiger partial charge in [-0.15, -0.1) is 0 Å². The van der Waals surface area contributed by atoms with Crippen LogP contribution < -0.4 is 9.47 Å². The molecule has 1 amide bonds. The van der Waals surface area contributed by atoms with Gasteiger partial charge in [0.1, 0.15) is 23.2 Å². The van der Waals surface area contributed by atoms with Crippen molar-refractivity contribution in [3.63, 3.8) is 0 Å². The smallest absolute Gasteiger partial charge is 0.325 e. The normalized spacial score (nSPS) is 10.2. The molecule has 1 aromatic carbocycles. The monoisotopic (exact) mass is 378 g/mol. The number of hydrogen-bond donors (Lipinski definition) is 0. The Morgan fingerprint density at radius 2 is 1.73 bits per heavy atom. The molecule has 7 nitrogen and oxygen atoms in total. The van der Waals surface area contributed by atoms with Crippen LogP contribution in [0.3, 0.4) is 0 Å². The number of hydrogen-bond acceptors (Lipinski definition) is 6. The SMILES string of the molecule is COC(=O)CN(Cc1cc(OC)cc(OC)c1)C(=O)c1ccnc(Cl)c1. The third kappa shape index (κ3) is 5.10. The van der Waals surface area contributed by atoms with Crippen molar-refractivity contribution in [2.24, 2.45) is 0 Å². The van der Waals surface area contributed by atoms with Crippen LogP contribution in [0.2, 0.25) is 5.15 Å². The summed E-state index contributed by atoms with van der Waals surface area (Å²) in [6, 6.07) is 8.22. The number of carbonyl (C=O) groups is 2. The fraction of sp³-hybridized carbons (Fsp3) is 0.278. The lowest BCUT2D eigenvalue weighted by atomic mass is 10.1. The van der Waals surface area contributed by atoms with Crippen molar-refractivity contribution in [3.8, 4) is 11.5 Å². The molecule has 0 aliphatic carbocycles. The molecule has 8 heteroatoms. The molecule has 138 valence electrons. The van der Waals surface area contributed by atoms with Gasteiger partial charge in [-0.3, -0.25) is 9.59 Å². The summed E-state index contributed by atoms with van der Waals surface area (Å²) in [6.07, 6.45) is 1.43. The van der Waals surface area contributed by atoms with Gasteiger partial charge in [-0.1, -0.05) is 11.6 Å². The van der Waals surface area contributed by atoms with Crippen molar-refractivity contribution < 1.29 is 23.8 Å². The van der Waals surface area contributed by atoms with Gasteiger partial charge in [0.05, 0.1) is 21.3 Å². The topological polar surface area (TPSA) is 78.0 Å². The number of aromatic nitrogens is 1. The molecule has 0 saturated carbocycles. The highest BCUT2D eigenvalue weighted by Crippen LogP contribution is 2.24. The molecule has 0 aliphatic heterocycles. The average molecular weight is 379 g/mol. The summed E-state index contributed by atoms with van der Waals surface area (Å²) in [4.78, 5) is 29.8. The summed E-state index contributed by atoms with van der Waals surface area (Å²) in [6.45, 7) is -0.0593. The molecule has 1 heterocycles. The van der Waals surface area contributed by atoms with Gasteiger partial charge in [0, 0.05) is 24.4 Å².